The van der Waals surface area contributed by atoms with Crippen molar-refractivity contribution in [1.82, 2.24) is 0 Å². The van der Waals surface area contributed by atoms with Crippen LogP contribution in [0.5, 0.6) is 0 Å². The Morgan fingerprint density at radius 1 is 1.06 bits per heavy atom. The van der Waals surface area contributed by atoms with E-state index in [-0.39, 0.29) is 24.3 Å². The zero-order chi connectivity index (χ0) is 24.5. The smallest absolute Gasteiger partial charge is 0.323 e. The van der Waals surface area contributed by atoms with Crippen LogP contribution >= 0.6 is 11.8 Å². The van der Waals surface area contributed by atoms with E-state index in [0.29, 0.717) is 6.61 Å². The van der Waals surface area contributed by atoms with Crippen molar-refractivity contribution in [3.63, 3.8) is 0 Å². The molecule has 178 valence electrons. The monoisotopic (exact) mass is 485 g/mol. The Morgan fingerprint density at radius 2 is 1.73 bits per heavy atom. The lowest BCUT2D eigenvalue weighted by Crippen LogP contribution is -2.34. The zero-order valence-electron chi connectivity index (χ0n) is 18.2. The topological polar surface area (TPSA) is 65.0 Å². The third-order valence-corrected chi connectivity index (χ3v) is 5.19. The normalized spacial score (nSPS) is 13.5. The van der Waals surface area contributed by atoms with Gasteiger partial charge in [-0.2, -0.15) is 0 Å². The first kappa shape index (κ1) is 26.5. The molecule has 0 saturated heterocycles. The van der Waals surface area contributed by atoms with E-state index < -0.39 is 52.5 Å². The van der Waals surface area contributed by atoms with Crippen molar-refractivity contribution in [3.05, 3.63) is 70.8 Å². The molecule has 0 spiro atoms. The van der Waals surface area contributed by atoms with Crippen LogP contribution in [0.4, 0.5) is 17.6 Å². The van der Waals surface area contributed by atoms with E-state index >= 15 is 0 Å². The lowest BCUT2D eigenvalue weighted by Gasteiger charge is -2.18. The largest absolute Gasteiger partial charge is 0.465 e. The molecule has 0 aliphatic heterocycles. The standard InChI is InChI=1S/C23H23F4NO4S/c1-4-32-23(30)17(21(29)15-10-16(24)19(26)20(27)18(15)25)22(33-3)28-13(2)11-31-12-14-8-6-5-7-9-14/h5-10,13,17H,4,11-12H2,1-3H3/t13-,17?/m0/s1. The van der Waals surface area contributed by atoms with E-state index in [1.807, 2.05) is 30.3 Å². The maximum Gasteiger partial charge on any atom is 0.323 e. The fourth-order valence-corrected chi connectivity index (χ4v) is 3.60. The van der Waals surface area contributed by atoms with Crippen LogP contribution in [-0.4, -0.2) is 42.3 Å². The van der Waals surface area contributed by atoms with Crippen molar-refractivity contribution in [2.24, 2.45) is 10.9 Å². The van der Waals surface area contributed by atoms with E-state index in [2.05, 4.69) is 4.99 Å². The Balaban J connectivity index is 2.30. The number of rotatable bonds is 10. The third kappa shape index (κ3) is 6.88. The molecule has 1 unspecified atom stereocenters. The molecule has 10 heteroatoms. The number of aliphatic imine (C=N–C) groups is 1. The lowest BCUT2D eigenvalue weighted by atomic mass is 9.97. The molecule has 2 atom stereocenters. The molecule has 0 radical (unpaired) electrons. The predicted molar refractivity (Wildman–Crippen MR) is 117 cm³/mol. The number of Topliss-reactive ketones (excluding diaryl/α,β-unsaturated/α-hetero) is 1. The van der Waals surface area contributed by atoms with E-state index in [9.17, 15) is 27.2 Å². The molecule has 0 N–H and O–H groups in total. The van der Waals surface area contributed by atoms with Gasteiger partial charge in [-0.05, 0) is 31.7 Å². The minimum atomic E-state index is -2.15. The summed E-state index contributed by atoms with van der Waals surface area (Å²) in [4.78, 5) is 29.8. The fraction of sp³-hybridized carbons (Fsp3) is 0.348. The van der Waals surface area contributed by atoms with Gasteiger partial charge in [-0.25, -0.2) is 17.6 Å². The van der Waals surface area contributed by atoms with Crippen molar-refractivity contribution in [1.29, 1.82) is 0 Å². The Hall–Kier alpha value is -2.72. The summed E-state index contributed by atoms with van der Waals surface area (Å²) in [6.07, 6.45) is 1.53. The first-order chi connectivity index (χ1) is 15.7. The van der Waals surface area contributed by atoms with Gasteiger partial charge < -0.3 is 9.47 Å². The summed E-state index contributed by atoms with van der Waals surface area (Å²) in [6, 6.07) is 9.05. The highest BCUT2D eigenvalue weighted by atomic mass is 32.2. The van der Waals surface area contributed by atoms with Gasteiger partial charge >= 0.3 is 5.97 Å². The van der Waals surface area contributed by atoms with Crippen molar-refractivity contribution in [2.75, 3.05) is 19.5 Å². The summed E-state index contributed by atoms with van der Waals surface area (Å²) in [5.74, 6) is -12.0. The van der Waals surface area contributed by atoms with Crippen LogP contribution in [0.3, 0.4) is 0 Å². The number of hydrogen-bond acceptors (Lipinski definition) is 6. The van der Waals surface area contributed by atoms with E-state index in [1.54, 1.807) is 6.92 Å². The number of benzene rings is 2. The molecular formula is C23H23F4NO4S. The molecule has 2 aromatic rings. The molecule has 0 saturated carbocycles. The van der Waals surface area contributed by atoms with Gasteiger partial charge in [-0.3, -0.25) is 14.6 Å². The number of hydrogen-bond donors (Lipinski definition) is 0. The molecule has 0 fully saturated rings. The Morgan fingerprint density at radius 3 is 2.33 bits per heavy atom. The third-order valence-electron chi connectivity index (χ3n) is 4.43. The molecule has 5 nitrogen and oxygen atoms in total. The van der Waals surface area contributed by atoms with E-state index in [1.165, 1.54) is 13.2 Å². The molecule has 0 amide bonds. The number of esters is 1. The molecule has 0 aliphatic carbocycles. The number of ether oxygens (including phenoxy) is 2. The highest BCUT2D eigenvalue weighted by Crippen LogP contribution is 2.25. The van der Waals surface area contributed by atoms with Crippen LogP contribution in [0.15, 0.2) is 41.4 Å². The summed E-state index contributed by atoms with van der Waals surface area (Å²) in [7, 11) is 0. The summed E-state index contributed by atoms with van der Waals surface area (Å²) in [5.41, 5.74) is -0.173. The van der Waals surface area contributed by atoms with Crippen LogP contribution in [0.2, 0.25) is 0 Å². The number of halogens is 4. The van der Waals surface area contributed by atoms with Gasteiger partial charge in [0.1, 0.15) is 0 Å². The molecule has 2 aromatic carbocycles. The minimum Gasteiger partial charge on any atom is -0.465 e. The fourth-order valence-electron chi connectivity index (χ4n) is 2.87. The van der Waals surface area contributed by atoms with E-state index in [4.69, 9.17) is 9.47 Å². The number of thioether (sulfide) groups is 1. The Kier molecular flexibility index (Phi) is 10.1. The van der Waals surface area contributed by atoms with E-state index in [0.717, 1.165) is 17.3 Å². The molecular weight excluding hydrogens is 462 g/mol. The second kappa shape index (κ2) is 12.5. The van der Waals surface area contributed by atoms with Gasteiger partial charge in [-0.15, -0.1) is 11.8 Å². The van der Waals surface area contributed by atoms with Crippen LogP contribution in [0.25, 0.3) is 0 Å². The summed E-state index contributed by atoms with van der Waals surface area (Å²) < 4.78 is 65.4. The molecule has 2 rings (SSSR count). The maximum atomic E-state index is 14.2. The average Bonchev–Trinajstić information content (AvgIpc) is 2.80. The van der Waals surface area contributed by atoms with Gasteiger partial charge in [0.05, 0.1) is 36.5 Å². The number of ketones is 1. The van der Waals surface area contributed by atoms with Crippen LogP contribution < -0.4 is 0 Å². The Bertz CT molecular complexity index is 1020. The van der Waals surface area contributed by atoms with Crippen molar-refractivity contribution in [2.45, 2.75) is 26.5 Å². The van der Waals surface area contributed by atoms with Crippen LogP contribution in [0, 0.1) is 29.2 Å². The van der Waals surface area contributed by atoms with Crippen LogP contribution in [-0.2, 0) is 20.9 Å². The average molecular weight is 485 g/mol. The van der Waals surface area contributed by atoms with Crippen molar-refractivity contribution < 1.29 is 36.6 Å². The second-order valence-corrected chi connectivity index (χ2v) is 7.74. The highest BCUT2D eigenvalue weighted by Gasteiger charge is 2.37. The van der Waals surface area contributed by atoms with Crippen LogP contribution in [0.1, 0.15) is 29.8 Å². The second-order valence-electron chi connectivity index (χ2n) is 6.92. The first-order valence-electron chi connectivity index (χ1n) is 9.98. The molecule has 0 heterocycles. The minimum absolute atomic E-state index is 0.0567. The summed E-state index contributed by atoms with van der Waals surface area (Å²) in [5, 5.41) is -0.0567. The SMILES string of the molecule is CCOC(=O)C(C(=O)c1cc(F)c(F)c(F)c1F)C(=N[C@@H](C)COCc1ccccc1)SC. The molecule has 0 bridgehead atoms. The summed E-state index contributed by atoms with van der Waals surface area (Å²) >= 11 is 0.920. The number of carbonyl (C=O) groups is 2. The zero-order valence-corrected chi connectivity index (χ0v) is 19.1. The Labute approximate surface area is 193 Å². The first-order valence-corrected chi connectivity index (χ1v) is 11.2. The van der Waals surface area contributed by atoms with Gasteiger partial charge in [-0.1, -0.05) is 30.3 Å². The van der Waals surface area contributed by atoms with Gasteiger partial charge in [0, 0.05) is 0 Å². The van der Waals surface area contributed by atoms with Crippen molar-refractivity contribution >= 4 is 28.6 Å². The maximum absolute atomic E-state index is 14.2. The summed E-state index contributed by atoms with van der Waals surface area (Å²) in [6.45, 7) is 3.51. The molecule has 0 aromatic heterocycles. The van der Waals surface area contributed by atoms with Gasteiger partial charge in [0.15, 0.2) is 35.0 Å². The lowest BCUT2D eigenvalue weighted by molar-refractivity contribution is -0.144. The van der Waals surface area contributed by atoms with Crippen molar-refractivity contribution in [3.8, 4) is 0 Å². The molecule has 0 aliphatic rings. The number of carbonyl (C=O) groups excluding carboxylic acids is 2. The van der Waals surface area contributed by atoms with Gasteiger partial charge in [0.25, 0.3) is 0 Å². The quantitative estimate of drug-likeness (QED) is 0.0695. The highest BCUT2D eigenvalue weighted by molar-refractivity contribution is 8.13. The molecule has 33 heavy (non-hydrogen) atoms. The predicted octanol–water partition coefficient (Wildman–Crippen LogP) is 4.97. The van der Waals surface area contributed by atoms with Gasteiger partial charge in [0.2, 0.25) is 0 Å². The number of nitrogens with zero attached hydrogens (tertiary/aromatic N) is 1.